The highest BCUT2D eigenvalue weighted by Gasteiger charge is 2.21. The molecule has 0 aliphatic carbocycles. The molecule has 2 aliphatic rings. The summed E-state index contributed by atoms with van der Waals surface area (Å²) in [6.07, 6.45) is 3.41. The number of aromatic nitrogens is 1. The van der Waals surface area contributed by atoms with Crippen molar-refractivity contribution in [1.29, 1.82) is 0 Å². The molecule has 0 spiro atoms. The van der Waals surface area contributed by atoms with Crippen LogP contribution in [-0.2, 0) is 11.8 Å². The second-order valence-corrected chi connectivity index (χ2v) is 6.52. The molecule has 0 radical (unpaired) electrons. The highest BCUT2D eigenvalue weighted by atomic mass is 16.7. The number of ether oxygens (including phenoxy) is 5. The van der Waals surface area contributed by atoms with Gasteiger partial charge in [-0.05, 0) is 47.4 Å². The summed E-state index contributed by atoms with van der Waals surface area (Å²) in [6.45, 7) is 0.333. The number of rotatable bonds is 3. The minimum Gasteiger partial charge on any atom is -0.504 e. The van der Waals surface area contributed by atoms with E-state index in [1.165, 1.54) is 0 Å². The number of nitrogens with zero attached hydrogens (tertiary/aromatic N) is 1. The van der Waals surface area contributed by atoms with E-state index in [-0.39, 0.29) is 19.1 Å². The zero-order valence-electron chi connectivity index (χ0n) is 15.4. The molecule has 0 atom stereocenters. The van der Waals surface area contributed by atoms with Crippen LogP contribution in [0.15, 0.2) is 41.4 Å². The van der Waals surface area contributed by atoms with Gasteiger partial charge in [0.25, 0.3) is 5.56 Å². The standard InChI is InChI=1S/C21H17NO6/c1-22-16(5-13-7-18-20(28-11-26-18)9-15(13)21(22)23)14-8-19-17(25-10-27-19)6-12(14)3-4-24-2/h3-9H,10-11H2,1-2H3/b4-3+. The molecule has 142 valence electrons. The predicted octanol–water partition coefficient (Wildman–Crippen LogP) is 3.28. The van der Waals surface area contributed by atoms with Crippen LogP contribution in [0.5, 0.6) is 23.0 Å². The summed E-state index contributed by atoms with van der Waals surface area (Å²) in [5.41, 5.74) is 2.30. The molecule has 7 heteroatoms. The molecule has 0 saturated carbocycles. The highest BCUT2D eigenvalue weighted by molar-refractivity contribution is 5.90. The molecule has 2 aromatic carbocycles. The van der Waals surface area contributed by atoms with Crippen LogP contribution in [0, 0.1) is 0 Å². The highest BCUT2D eigenvalue weighted by Crippen LogP contribution is 2.40. The molecule has 5 rings (SSSR count). The molecule has 2 aliphatic heterocycles. The van der Waals surface area contributed by atoms with Gasteiger partial charge in [-0.25, -0.2) is 0 Å². The summed E-state index contributed by atoms with van der Waals surface area (Å²) in [4.78, 5) is 13.0. The minimum absolute atomic E-state index is 0.120. The normalized spacial score (nSPS) is 14.2. The van der Waals surface area contributed by atoms with Gasteiger partial charge >= 0.3 is 0 Å². The van der Waals surface area contributed by atoms with E-state index < -0.39 is 0 Å². The SMILES string of the molecule is CO/C=C/c1cc2c(cc1-c1cc3cc4c(cc3c(=O)n1C)OCO4)OCO2. The van der Waals surface area contributed by atoms with E-state index in [2.05, 4.69) is 0 Å². The van der Waals surface area contributed by atoms with Crippen LogP contribution >= 0.6 is 0 Å². The van der Waals surface area contributed by atoms with Crippen molar-refractivity contribution in [2.24, 2.45) is 7.05 Å². The van der Waals surface area contributed by atoms with Crippen molar-refractivity contribution in [2.75, 3.05) is 20.7 Å². The number of benzene rings is 2. The molecule has 7 nitrogen and oxygen atoms in total. The lowest BCUT2D eigenvalue weighted by Crippen LogP contribution is -2.18. The van der Waals surface area contributed by atoms with Crippen LogP contribution in [0.2, 0.25) is 0 Å². The Hall–Kier alpha value is -3.61. The van der Waals surface area contributed by atoms with E-state index in [0.717, 1.165) is 22.2 Å². The Morgan fingerprint density at radius 2 is 1.57 bits per heavy atom. The molecule has 1 aromatic heterocycles. The van der Waals surface area contributed by atoms with Crippen LogP contribution in [0.4, 0.5) is 0 Å². The van der Waals surface area contributed by atoms with Crippen molar-refractivity contribution in [3.63, 3.8) is 0 Å². The summed E-state index contributed by atoms with van der Waals surface area (Å²) in [7, 11) is 3.33. The van der Waals surface area contributed by atoms with E-state index in [4.69, 9.17) is 23.7 Å². The van der Waals surface area contributed by atoms with Crippen LogP contribution in [-0.4, -0.2) is 25.3 Å². The molecule has 0 fully saturated rings. The fourth-order valence-electron chi connectivity index (χ4n) is 3.51. The number of hydrogen-bond donors (Lipinski definition) is 0. The summed E-state index contributed by atoms with van der Waals surface area (Å²) >= 11 is 0. The second kappa shape index (κ2) is 6.23. The maximum Gasteiger partial charge on any atom is 0.258 e. The molecule has 3 heterocycles. The van der Waals surface area contributed by atoms with Crippen LogP contribution < -0.4 is 24.5 Å². The third kappa shape index (κ3) is 2.47. The zero-order chi connectivity index (χ0) is 19.3. The van der Waals surface area contributed by atoms with Gasteiger partial charge < -0.3 is 28.3 Å². The molecule has 28 heavy (non-hydrogen) atoms. The minimum atomic E-state index is -0.120. The molecule has 0 bridgehead atoms. The number of methoxy groups -OCH3 is 1. The van der Waals surface area contributed by atoms with Gasteiger partial charge in [0.2, 0.25) is 13.6 Å². The largest absolute Gasteiger partial charge is 0.504 e. The van der Waals surface area contributed by atoms with E-state index in [0.29, 0.717) is 28.4 Å². The molecule has 0 unspecified atom stereocenters. The Morgan fingerprint density at radius 3 is 2.29 bits per heavy atom. The Balaban J connectivity index is 1.77. The maximum atomic E-state index is 13.0. The predicted molar refractivity (Wildman–Crippen MR) is 103 cm³/mol. The van der Waals surface area contributed by atoms with Gasteiger partial charge in [-0.1, -0.05) is 0 Å². The maximum absolute atomic E-state index is 13.0. The Morgan fingerprint density at radius 1 is 0.929 bits per heavy atom. The summed E-state index contributed by atoms with van der Waals surface area (Å²) < 4.78 is 28.6. The van der Waals surface area contributed by atoms with E-state index in [1.54, 1.807) is 31.1 Å². The molecular formula is C21H17NO6. The molecule has 0 amide bonds. The molecule has 0 saturated heterocycles. The first-order valence-electron chi connectivity index (χ1n) is 8.72. The van der Waals surface area contributed by atoms with Crippen LogP contribution in [0.25, 0.3) is 28.1 Å². The topological polar surface area (TPSA) is 68.2 Å². The Kier molecular flexibility index (Phi) is 3.68. The third-order valence-corrected chi connectivity index (χ3v) is 4.94. The van der Waals surface area contributed by atoms with Gasteiger partial charge in [-0.2, -0.15) is 0 Å². The lowest BCUT2D eigenvalue weighted by atomic mass is 10.00. The summed E-state index contributed by atoms with van der Waals surface area (Å²) in [5.74, 6) is 2.53. The van der Waals surface area contributed by atoms with E-state index in [1.807, 2.05) is 30.3 Å². The lowest BCUT2D eigenvalue weighted by Gasteiger charge is -2.14. The van der Waals surface area contributed by atoms with E-state index in [9.17, 15) is 4.79 Å². The Labute approximate surface area is 160 Å². The van der Waals surface area contributed by atoms with Crippen molar-refractivity contribution >= 4 is 16.8 Å². The average Bonchev–Trinajstić information content (AvgIpc) is 3.35. The van der Waals surface area contributed by atoms with Gasteiger partial charge in [0.05, 0.1) is 24.5 Å². The summed E-state index contributed by atoms with van der Waals surface area (Å²) in [5, 5.41) is 1.35. The van der Waals surface area contributed by atoms with Gasteiger partial charge in [0.15, 0.2) is 23.0 Å². The van der Waals surface area contributed by atoms with E-state index >= 15 is 0 Å². The Bertz CT molecular complexity index is 1190. The lowest BCUT2D eigenvalue weighted by molar-refractivity contribution is 0.173. The smallest absolute Gasteiger partial charge is 0.258 e. The zero-order valence-corrected chi connectivity index (χ0v) is 15.4. The van der Waals surface area contributed by atoms with Gasteiger partial charge in [-0.3, -0.25) is 4.79 Å². The van der Waals surface area contributed by atoms with Gasteiger partial charge in [0.1, 0.15) is 0 Å². The van der Waals surface area contributed by atoms with Crippen LogP contribution in [0.3, 0.4) is 0 Å². The summed E-state index contributed by atoms with van der Waals surface area (Å²) in [6, 6.07) is 9.28. The molecule has 0 N–H and O–H groups in total. The van der Waals surface area contributed by atoms with Gasteiger partial charge in [-0.15, -0.1) is 0 Å². The van der Waals surface area contributed by atoms with Crippen molar-refractivity contribution in [2.45, 2.75) is 0 Å². The van der Waals surface area contributed by atoms with Crippen molar-refractivity contribution in [1.82, 2.24) is 4.57 Å². The number of pyridine rings is 1. The number of hydrogen-bond acceptors (Lipinski definition) is 6. The first-order valence-corrected chi connectivity index (χ1v) is 8.72. The monoisotopic (exact) mass is 379 g/mol. The molecular weight excluding hydrogens is 362 g/mol. The number of fused-ring (bicyclic) bond motifs is 3. The fraction of sp³-hybridized carbons (Fsp3) is 0.190. The fourth-order valence-corrected chi connectivity index (χ4v) is 3.51. The van der Waals surface area contributed by atoms with Crippen LogP contribution in [0.1, 0.15) is 5.56 Å². The first-order chi connectivity index (χ1) is 13.7. The van der Waals surface area contributed by atoms with Crippen molar-refractivity contribution < 1.29 is 23.7 Å². The average molecular weight is 379 g/mol. The molecule has 3 aromatic rings. The van der Waals surface area contributed by atoms with Crippen molar-refractivity contribution in [3.05, 3.63) is 52.5 Å². The first kappa shape index (κ1) is 16.6. The van der Waals surface area contributed by atoms with Crippen molar-refractivity contribution in [3.8, 4) is 34.3 Å². The quantitative estimate of drug-likeness (QED) is 0.651. The van der Waals surface area contributed by atoms with Gasteiger partial charge in [0, 0.05) is 12.6 Å². The second-order valence-electron chi connectivity index (χ2n) is 6.52. The third-order valence-electron chi connectivity index (χ3n) is 4.94.